The Morgan fingerprint density at radius 2 is 1.82 bits per heavy atom. The Labute approximate surface area is 100 Å². The molecule has 0 heterocycles. The van der Waals surface area contributed by atoms with Gasteiger partial charge in [-0.05, 0) is 18.4 Å². The molecular formula is C13H16O4. The molecule has 4 heteroatoms. The van der Waals surface area contributed by atoms with Crippen LogP contribution in [0.4, 0.5) is 0 Å². The maximum absolute atomic E-state index is 10.4. The second-order valence-corrected chi connectivity index (χ2v) is 4.16. The average Bonchev–Trinajstić information content (AvgIpc) is 2.29. The number of carboxylic acids is 1. The van der Waals surface area contributed by atoms with Crippen molar-refractivity contribution in [1.29, 1.82) is 0 Å². The molecule has 0 bridgehead atoms. The van der Waals surface area contributed by atoms with Crippen LogP contribution < -0.4 is 0 Å². The van der Waals surface area contributed by atoms with E-state index in [1.165, 1.54) is 0 Å². The highest BCUT2D eigenvalue weighted by Crippen LogP contribution is 2.27. The lowest BCUT2D eigenvalue weighted by atomic mass is 9.92. The summed E-state index contributed by atoms with van der Waals surface area (Å²) in [6.45, 7) is 0.314. The molecule has 1 aliphatic carbocycles. The Morgan fingerprint density at radius 1 is 1.18 bits per heavy atom. The summed E-state index contributed by atoms with van der Waals surface area (Å²) < 4.78 is 10.9. The third-order valence-corrected chi connectivity index (χ3v) is 2.88. The quantitative estimate of drug-likeness (QED) is 0.818. The summed E-state index contributed by atoms with van der Waals surface area (Å²) in [4.78, 5) is 10.4. The van der Waals surface area contributed by atoms with Crippen LogP contribution in [0.2, 0.25) is 0 Å². The summed E-state index contributed by atoms with van der Waals surface area (Å²) in [5.41, 5.74) is 1.12. The first-order valence-electron chi connectivity index (χ1n) is 5.74. The highest BCUT2D eigenvalue weighted by Gasteiger charge is 2.32. The Kier molecular flexibility index (Phi) is 4.12. The summed E-state index contributed by atoms with van der Waals surface area (Å²) in [7, 11) is 0. The smallest absolute Gasteiger partial charge is 0.329 e. The molecule has 4 nitrogen and oxygen atoms in total. The van der Waals surface area contributed by atoms with Gasteiger partial charge in [-0.2, -0.15) is 0 Å². The van der Waals surface area contributed by atoms with Crippen molar-refractivity contribution in [3.8, 4) is 0 Å². The molecule has 92 valence electrons. The lowest BCUT2D eigenvalue weighted by Crippen LogP contribution is -2.42. The molecule has 0 aromatic heterocycles. The molecule has 0 aliphatic heterocycles. The van der Waals surface area contributed by atoms with E-state index in [-0.39, 0.29) is 18.8 Å². The van der Waals surface area contributed by atoms with Gasteiger partial charge in [-0.1, -0.05) is 30.3 Å². The van der Waals surface area contributed by atoms with E-state index in [2.05, 4.69) is 0 Å². The van der Waals surface area contributed by atoms with Crippen molar-refractivity contribution in [2.45, 2.75) is 31.7 Å². The lowest BCUT2D eigenvalue weighted by Gasteiger charge is -2.35. The monoisotopic (exact) mass is 236 g/mol. The molecule has 0 radical (unpaired) electrons. The Balaban J connectivity index is 1.71. The van der Waals surface area contributed by atoms with Crippen LogP contribution in [0, 0.1) is 0 Å². The van der Waals surface area contributed by atoms with Crippen molar-refractivity contribution in [3.05, 3.63) is 35.9 Å². The maximum Gasteiger partial charge on any atom is 0.329 e. The zero-order chi connectivity index (χ0) is 12.1. The zero-order valence-electron chi connectivity index (χ0n) is 9.54. The average molecular weight is 236 g/mol. The zero-order valence-corrected chi connectivity index (χ0v) is 9.54. The number of rotatable bonds is 6. The van der Waals surface area contributed by atoms with Crippen LogP contribution in [0.15, 0.2) is 30.3 Å². The Morgan fingerprint density at radius 3 is 2.41 bits per heavy atom. The molecule has 1 aromatic rings. The lowest BCUT2D eigenvalue weighted by molar-refractivity contribution is -0.160. The largest absolute Gasteiger partial charge is 0.480 e. The van der Waals surface area contributed by atoms with Crippen molar-refractivity contribution in [2.24, 2.45) is 0 Å². The minimum absolute atomic E-state index is 0.0366. The fourth-order valence-electron chi connectivity index (χ4n) is 1.78. The van der Waals surface area contributed by atoms with Gasteiger partial charge < -0.3 is 14.6 Å². The number of benzene rings is 1. The first kappa shape index (κ1) is 12.1. The van der Waals surface area contributed by atoms with Gasteiger partial charge in [0.05, 0.1) is 18.8 Å². The molecule has 1 saturated carbocycles. The molecule has 0 saturated heterocycles. The molecule has 0 amide bonds. The SMILES string of the molecule is O=C(O)CO[C@H]1CC[C@@H]1OCc1ccccc1. The van der Waals surface area contributed by atoms with Gasteiger partial charge in [-0.15, -0.1) is 0 Å². The first-order chi connectivity index (χ1) is 8.25. The second-order valence-electron chi connectivity index (χ2n) is 4.16. The molecule has 1 aromatic carbocycles. The molecule has 1 fully saturated rings. The second kappa shape index (κ2) is 5.80. The van der Waals surface area contributed by atoms with Crippen LogP contribution in [0.25, 0.3) is 0 Å². The molecule has 0 unspecified atom stereocenters. The number of hydrogen-bond acceptors (Lipinski definition) is 3. The van der Waals surface area contributed by atoms with Crippen LogP contribution in [0.5, 0.6) is 0 Å². The van der Waals surface area contributed by atoms with Gasteiger partial charge in [-0.25, -0.2) is 4.79 Å². The number of carbonyl (C=O) groups is 1. The fraction of sp³-hybridized carbons (Fsp3) is 0.462. The van der Waals surface area contributed by atoms with Gasteiger partial charge in [0, 0.05) is 0 Å². The van der Waals surface area contributed by atoms with Gasteiger partial charge in [-0.3, -0.25) is 0 Å². The Hall–Kier alpha value is -1.39. The van der Waals surface area contributed by atoms with Crippen LogP contribution in [0.1, 0.15) is 18.4 Å². The van der Waals surface area contributed by atoms with Crippen molar-refractivity contribution in [1.82, 2.24) is 0 Å². The topological polar surface area (TPSA) is 55.8 Å². The number of ether oxygens (including phenoxy) is 2. The summed E-state index contributed by atoms with van der Waals surface area (Å²) in [5.74, 6) is -0.932. The maximum atomic E-state index is 10.4. The molecule has 1 N–H and O–H groups in total. The van der Waals surface area contributed by atoms with Crippen LogP contribution >= 0.6 is 0 Å². The van der Waals surface area contributed by atoms with Crippen molar-refractivity contribution in [2.75, 3.05) is 6.61 Å². The van der Waals surface area contributed by atoms with E-state index in [4.69, 9.17) is 14.6 Å². The predicted octanol–water partition coefficient (Wildman–Crippen LogP) is 1.84. The standard InChI is InChI=1S/C13H16O4/c14-13(15)9-17-12-7-6-11(12)16-8-10-4-2-1-3-5-10/h1-5,11-12H,6-9H2,(H,14,15)/t11-,12-/m0/s1. The van der Waals surface area contributed by atoms with Crippen molar-refractivity contribution < 1.29 is 19.4 Å². The van der Waals surface area contributed by atoms with E-state index >= 15 is 0 Å². The van der Waals surface area contributed by atoms with E-state index in [0.717, 1.165) is 18.4 Å². The number of aliphatic carboxylic acids is 1. The number of carboxylic acid groups (broad SMARTS) is 1. The predicted molar refractivity (Wildman–Crippen MR) is 61.6 cm³/mol. The van der Waals surface area contributed by atoms with Crippen LogP contribution in [-0.4, -0.2) is 29.9 Å². The minimum Gasteiger partial charge on any atom is -0.480 e. The first-order valence-corrected chi connectivity index (χ1v) is 5.74. The third-order valence-electron chi connectivity index (χ3n) is 2.88. The molecule has 17 heavy (non-hydrogen) atoms. The third kappa shape index (κ3) is 3.54. The normalized spacial score (nSPS) is 23.1. The highest BCUT2D eigenvalue weighted by atomic mass is 16.6. The van der Waals surface area contributed by atoms with Gasteiger partial charge in [0.15, 0.2) is 0 Å². The molecule has 1 aliphatic rings. The summed E-state index contributed by atoms with van der Waals surface area (Å²) in [6, 6.07) is 9.92. The molecule has 2 rings (SSSR count). The fourth-order valence-corrected chi connectivity index (χ4v) is 1.78. The van der Waals surface area contributed by atoms with Crippen molar-refractivity contribution in [3.63, 3.8) is 0 Å². The highest BCUT2D eigenvalue weighted by molar-refractivity contribution is 5.68. The summed E-state index contributed by atoms with van der Waals surface area (Å²) in [6.07, 6.45) is 1.80. The number of hydrogen-bond donors (Lipinski definition) is 1. The van der Waals surface area contributed by atoms with Crippen molar-refractivity contribution >= 4 is 5.97 Å². The van der Waals surface area contributed by atoms with Crippen LogP contribution in [-0.2, 0) is 20.9 Å². The summed E-state index contributed by atoms with van der Waals surface area (Å²) >= 11 is 0. The Bertz CT molecular complexity index is 363. The van der Waals surface area contributed by atoms with E-state index < -0.39 is 5.97 Å². The van der Waals surface area contributed by atoms with Crippen LogP contribution in [0.3, 0.4) is 0 Å². The van der Waals surface area contributed by atoms with E-state index in [1.54, 1.807) is 0 Å². The van der Waals surface area contributed by atoms with E-state index in [0.29, 0.717) is 6.61 Å². The van der Waals surface area contributed by atoms with Gasteiger partial charge in [0.1, 0.15) is 6.61 Å². The molecular weight excluding hydrogens is 220 g/mol. The minimum atomic E-state index is -0.932. The van der Waals surface area contributed by atoms with Gasteiger partial charge >= 0.3 is 5.97 Å². The molecule has 0 spiro atoms. The van der Waals surface area contributed by atoms with Gasteiger partial charge in [0.2, 0.25) is 0 Å². The van der Waals surface area contributed by atoms with E-state index in [1.807, 2.05) is 30.3 Å². The van der Waals surface area contributed by atoms with E-state index in [9.17, 15) is 4.79 Å². The molecule has 2 atom stereocenters. The summed E-state index contributed by atoms with van der Waals surface area (Å²) in [5, 5.41) is 8.51. The van der Waals surface area contributed by atoms with Gasteiger partial charge in [0.25, 0.3) is 0 Å².